The third-order valence-corrected chi connectivity index (χ3v) is 6.50. The zero-order valence-corrected chi connectivity index (χ0v) is 16.8. The molecule has 0 bridgehead atoms. The van der Waals surface area contributed by atoms with Crippen molar-refractivity contribution in [1.82, 2.24) is 0 Å². The van der Waals surface area contributed by atoms with Crippen LogP contribution in [0.15, 0.2) is 66.2 Å². The van der Waals surface area contributed by atoms with E-state index in [1.54, 1.807) is 18.2 Å². The lowest BCUT2D eigenvalue weighted by atomic mass is 9.54. The molecule has 4 atom stereocenters. The molecular weight excluding hydrogens is 389 g/mol. The first-order valence-corrected chi connectivity index (χ1v) is 10.2. The summed E-state index contributed by atoms with van der Waals surface area (Å²) in [5, 5.41) is 38.6. The molecule has 31 heavy (non-hydrogen) atoms. The molecule has 2 aliphatic rings. The van der Waals surface area contributed by atoms with Crippen molar-refractivity contribution in [3.05, 3.63) is 83.2 Å². The molecule has 2 N–H and O–H groups in total. The monoisotopic (exact) mass is 410 g/mol. The molecule has 0 spiro atoms. The minimum atomic E-state index is -1.89. The number of hydrogen-bond acceptors (Lipinski definition) is 4. The Morgan fingerprint density at radius 3 is 2.35 bits per heavy atom. The van der Waals surface area contributed by atoms with E-state index in [2.05, 4.69) is 6.07 Å². The normalized spacial score (nSPS) is 26.5. The van der Waals surface area contributed by atoms with E-state index in [1.165, 1.54) is 11.0 Å². The molecule has 0 radical (unpaired) electrons. The largest absolute Gasteiger partial charge is 0.327 e. The molecule has 1 aliphatic carbocycles. The van der Waals surface area contributed by atoms with Crippen LogP contribution < -0.4 is 4.90 Å². The second kappa shape index (κ2) is 8.15. The first kappa shape index (κ1) is 20.5. The van der Waals surface area contributed by atoms with Gasteiger partial charge in [0.05, 0.1) is 37.0 Å². The maximum Gasteiger partial charge on any atom is 0.190 e. The van der Waals surface area contributed by atoms with Crippen molar-refractivity contribution < 1.29 is 9.29 Å². The van der Waals surface area contributed by atoms with E-state index in [-0.39, 0.29) is 17.2 Å². The van der Waals surface area contributed by atoms with Crippen LogP contribution in [-0.4, -0.2) is 18.8 Å². The lowest BCUT2D eigenvalue weighted by molar-refractivity contribution is -0.913. The van der Waals surface area contributed by atoms with Crippen molar-refractivity contribution in [2.75, 3.05) is 13.1 Å². The van der Waals surface area contributed by atoms with Gasteiger partial charge in [-0.2, -0.15) is 15.8 Å². The first-order valence-electron chi connectivity index (χ1n) is 10.2. The van der Waals surface area contributed by atoms with Gasteiger partial charge in [-0.25, -0.2) is 4.39 Å². The Balaban J connectivity index is 1.83. The average molecular weight is 410 g/mol. The number of fused-ring (bicyclic) bond motifs is 1. The van der Waals surface area contributed by atoms with Crippen molar-refractivity contribution in [3.8, 4) is 18.2 Å². The molecular formula is C25H21FN5+. The van der Waals surface area contributed by atoms with Crippen molar-refractivity contribution >= 4 is 5.71 Å². The highest BCUT2D eigenvalue weighted by atomic mass is 19.1. The molecule has 152 valence electrons. The minimum Gasteiger partial charge on any atom is -0.327 e. The van der Waals surface area contributed by atoms with E-state index in [9.17, 15) is 20.2 Å². The molecule has 1 fully saturated rings. The fourth-order valence-corrected chi connectivity index (χ4v) is 5.06. The molecule has 2 unspecified atom stereocenters. The number of nitrogens with one attached hydrogen (secondary N) is 2. The molecule has 4 rings (SSSR count). The van der Waals surface area contributed by atoms with Crippen LogP contribution >= 0.6 is 0 Å². The van der Waals surface area contributed by atoms with Gasteiger partial charge in [0, 0.05) is 17.4 Å². The summed E-state index contributed by atoms with van der Waals surface area (Å²) in [6, 6.07) is 22.3. The second-order valence-corrected chi connectivity index (χ2v) is 8.14. The van der Waals surface area contributed by atoms with Gasteiger partial charge in [-0.15, -0.1) is 0 Å². The lowest BCUT2D eigenvalue weighted by Gasteiger charge is -2.46. The predicted octanol–water partition coefficient (Wildman–Crippen LogP) is 2.76. The molecule has 1 aliphatic heterocycles. The third-order valence-electron chi connectivity index (χ3n) is 6.50. The molecule has 6 heteroatoms. The van der Waals surface area contributed by atoms with Gasteiger partial charge in [-0.3, -0.25) is 0 Å². The minimum absolute atomic E-state index is 0.248. The molecule has 0 aromatic heterocycles. The number of nitriles is 3. The molecule has 0 saturated heterocycles. The van der Waals surface area contributed by atoms with Gasteiger partial charge in [0.2, 0.25) is 0 Å². The standard InChI is InChI=1S/C25H20FN5/c26-22-9-5-4-8-19(22)23-21-14-31(13-17-6-2-1-3-7-17)11-10-18(21)20(12-27)24(30)25(23,15-28)16-29/h1-10,20-21,23,30H,11,13-14H2/p+1/t20?,21-,23+/m1/s1. The van der Waals surface area contributed by atoms with Crippen molar-refractivity contribution in [1.29, 1.82) is 21.2 Å². The Hall–Kier alpha value is -3.79. The summed E-state index contributed by atoms with van der Waals surface area (Å²) in [6.45, 7) is 1.96. The van der Waals surface area contributed by atoms with Gasteiger partial charge in [0.15, 0.2) is 5.41 Å². The zero-order valence-electron chi connectivity index (χ0n) is 16.8. The Labute approximate surface area is 180 Å². The summed E-state index contributed by atoms with van der Waals surface area (Å²) >= 11 is 0. The highest BCUT2D eigenvalue weighted by Gasteiger charge is 2.59. The molecule has 1 heterocycles. The average Bonchev–Trinajstić information content (AvgIpc) is 2.80. The number of hydrogen-bond donors (Lipinski definition) is 2. The van der Waals surface area contributed by atoms with Gasteiger partial charge in [-0.1, -0.05) is 48.5 Å². The van der Waals surface area contributed by atoms with Crippen molar-refractivity contribution in [2.24, 2.45) is 17.3 Å². The van der Waals surface area contributed by atoms with Crippen LogP contribution in [0.5, 0.6) is 0 Å². The van der Waals surface area contributed by atoms with Gasteiger partial charge in [-0.05, 0) is 23.3 Å². The fraction of sp³-hybridized carbons (Fsp3) is 0.280. The van der Waals surface area contributed by atoms with Gasteiger partial charge >= 0.3 is 0 Å². The van der Waals surface area contributed by atoms with Crippen molar-refractivity contribution in [3.63, 3.8) is 0 Å². The molecule has 2 aromatic carbocycles. The van der Waals surface area contributed by atoms with Crippen LogP contribution in [0, 0.1) is 62.5 Å². The maximum atomic E-state index is 14.9. The Kier molecular flexibility index (Phi) is 5.38. The van der Waals surface area contributed by atoms with E-state index in [0.717, 1.165) is 17.7 Å². The summed E-state index contributed by atoms with van der Waals surface area (Å²) in [4.78, 5) is 1.20. The number of benzene rings is 2. The van der Waals surface area contributed by atoms with Gasteiger partial charge in [0.25, 0.3) is 0 Å². The zero-order chi connectivity index (χ0) is 22.0. The molecule has 5 nitrogen and oxygen atoms in total. The van der Waals surface area contributed by atoms with E-state index in [1.807, 2.05) is 48.5 Å². The number of nitrogens with zero attached hydrogens (tertiary/aromatic N) is 3. The van der Waals surface area contributed by atoms with Crippen LogP contribution in [0.4, 0.5) is 4.39 Å². The fourth-order valence-electron chi connectivity index (χ4n) is 5.06. The summed E-state index contributed by atoms with van der Waals surface area (Å²) in [7, 11) is 0. The summed E-state index contributed by atoms with van der Waals surface area (Å²) < 4.78 is 14.9. The molecule has 0 amide bonds. The topological polar surface area (TPSA) is 99.7 Å². The maximum absolute atomic E-state index is 14.9. The van der Waals surface area contributed by atoms with Crippen LogP contribution in [-0.2, 0) is 6.54 Å². The van der Waals surface area contributed by atoms with Crippen LogP contribution in [0.3, 0.4) is 0 Å². The Bertz CT molecular complexity index is 1150. The quantitative estimate of drug-likeness (QED) is 0.761. The summed E-state index contributed by atoms with van der Waals surface area (Å²) in [6.07, 6.45) is 1.96. The van der Waals surface area contributed by atoms with Gasteiger partial charge < -0.3 is 10.3 Å². The lowest BCUT2D eigenvalue weighted by Crippen LogP contribution is -3.12. The second-order valence-electron chi connectivity index (χ2n) is 8.14. The van der Waals surface area contributed by atoms with Crippen LogP contribution in [0.25, 0.3) is 0 Å². The van der Waals surface area contributed by atoms with E-state index < -0.39 is 23.1 Å². The number of quaternary nitrogens is 1. The summed E-state index contributed by atoms with van der Waals surface area (Å²) in [5.74, 6) is -2.67. The Morgan fingerprint density at radius 1 is 1.03 bits per heavy atom. The van der Waals surface area contributed by atoms with Gasteiger partial charge in [0.1, 0.15) is 18.3 Å². The number of halogens is 1. The smallest absolute Gasteiger partial charge is 0.190 e. The van der Waals surface area contributed by atoms with E-state index in [4.69, 9.17) is 5.41 Å². The SMILES string of the molecule is N#CC1C(=N)C(C#N)(C#N)[C@@H](c2ccccc2F)[C@@H]2C[NH+](Cc3ccccc3)CC=C12. The number of rotatable bonds is 3. The van der Waals surface area contributed by atoms with E-state index in [0.29, 0.717) is 13.1 Å². The molecule has 2 aromatic rings. The Morgan fingerprint density at radius 2 is 1.71 bits per heavy atom. The summed E-state index contributed by atoms with van der Waals surface area (Å²) in [5.41, 5.74) is 0.00772. The highest BCUT2D eigenvalue weighted by Crippen LogP contribution is 2.52. The van der Waals surface area contributed by atoms with Crippen molar-refractivity contribution in [2.45, 2.75) is 12.5 Å². The highest BCUT2D eigenvalue weighted by molar-refractivity contribution is 6.00. The first-order chi connectivity index (χ1) is 15.1. The third kappa shape index (κ3) is 3.30. The van der Waals surface area contributed by atoms with Crippen LogP contribution in [0.1, 0.15) is 17.0 Å². The predicted molar refractivity (Wildman–Crippen MR) is 112 cm³/mol. The van der Waals surface area contributed by atoms with Crippen LogP contribution in [0.2, 0.25) is 0 Å². The molecule has 1 saturated carbocycles. The van der Waals surface area contributed by atoms with E-state index >= 15 is 0 Å².